The molecular formula is C35H31BrF3N5O4. The summed E-state index contributed by atoms with van der Waals surface area (Å²) in [4.78, 5) is 22.4. The molecule has 1 aliphatic heterocycles. The van der Waals surface area contributed by atoms with Crippen LogP contribution in [0.15, 0.2) is 112 Å². The van der Waals surface area contributed by atoms with Crippen LogP contribution in [-0.2, 0) is 35.2 Å². The van der Waals surface area contributed by atoms with Crippen LogP contribution < -0.4 is 10.1 Å². The second-order valence-corrected chi connectivity index (χ2v) is 11.9. The van der Waals surface area contributed by atoms with Crippen LogP contribution in [0.3, 0.4) is 0 Å². The lowest BCUT2D eigenvalue weighted by Gasteiger charge is -2.31. The minimum atomic E-state index is -4.62. The first-order valence-corrected chi connectivity index (χ1v) is 15.8. The Morgan fingerprint density at radius 1 is 1.00 bits per heavy atom. The number of benzene rings is 4. The van der Waals surface area contributed by atoms with E-state index < -0.39 is 35.8 Å². The Kier molecular flexibility index (Phi) is 11.0. The Hall–Kier alpha value is -4.84. The number of nitrogens with one attached hydrogen (secondary N) is 1. The lowest BCUT2D eigenvalue weighted by Crippen LogP contribution is -2.50. The number of aliphatic hydroxyl groups is 1. The van der Waals surface area contributed by atoms with Gasteiger partial charge in [-0.15, -0.1) is 0 Å². The molecule has 0 saturated heterocycles. The molecule has 1 heterocycles. The maximum Gasteiger partial charge on any atom is 0.416 e. The number of aliphatic hydroxyl groups excluding tert-OH is 1. The van der Waals surface area contributed by atoms with Gasteiger partial charge in [0, 0.05) is 40.9 Å². The molecule has 1 aliphatic rings. The molecule has 248 valence electrons. The summed E-state index contributed by atoms with van der Waals surface area (Å²) < 4.78 is 54.5. The van der Waals surface area contributed by atoms with Crippen LogP contribution >= 0.6 is 15.9 Å². The van der Waals surface area contributed by atoms with Crippen molar-refractivity contribution in [1.82, 2.24) is 5.32 Å². The summed E-state index contributed by atoms with van der Waals surface area (Å²) >= 11 is 3.44. The first kappa shape index (κ1) is 34.5. The zero-order valence-corrected chi connectivity index (χ0v) is 27.1. The highest BCUT2D eigenvalue weighted by molar-refractivity contribution is 9.10. The van der Waals surface area contributed by atoms with Crippen molar-refractivity contribution < 1.29 is 32.5 Å². The van der Waals surface area contributed by atoms with E-state index in [9.17, 15) is 18.0 Å². The normalized spacial score (nSPS) is 17.2. The van der Waals surface area contributed by atoms with E-state index in [4.69, 9.17) is 25.1 Å². The number of carbonyl (C=O) groups is 1. The molecule has 2 N–H and O–H groups in total. The van der Waals surface area contributed by atoms with Crippen molar-refractivity contribution in [2.75, 3.05) is 13.2 Å². The molecule has 2 atom stereocenters. The molecule has 0 saturated carbocycles. The minimum absolute atomic E-state index is 0.00188. The van der Waals surface area contributed by atoms with Gasteiger partial charge < -0.3 is 19.9 Å². The summed E-state index contributed by atoms with van der Waals surface area (Å²) in [5.41, 5.74) is 8.83. The number of hydrogen-bond donors (Lipinski definition) is 2. The molecule has 0 aromatic heterocycles. The van der Waals surface area contributed by atoms with Gasteiger partial charge in [0.1, 0.15) is 5.75 Å². The van der Waals surface area contributed by atoms with Crippen molar-refractivity contribution in [2.45, 2.75) is 43.8 Å². The largest absolute Gasteiger partial charge is 0.494 e. The standard InChI is InChI=1S/C35H31BrF3N5O4/c36-28-14-10-23(11-15-28)31-34(20-25-6-1-2-7-26(25)22-42-44-40,33(46)41-21-27-8-3-4-9-30(27)35(37,38)39)43-32(48-31)24-12-16-29(17-13-24)47-19-5-18-45/h1-4,6-17,31,45H,5,18-22H2,(H,41,46)/t31-,34-/m1/s1. The van der Waals surface area contributed by atoms with Crippen molar-refractivity contribution in [3.8, 4) is 5.75 Å². The average Bonchev–Trinajstić information content (AvgIpc) is 3.47. The van der Waals surface area contributed by atoms with E-state index in [0.717, 1.165) is 10.5 Å². The second-order valence-electron chi connectivity index (χ2n) is 11.0. The number of hydrogen-bond acceptors (Lipinski definition) is 6. The monoisotopic (exact) mass is 721 g/mol. The lowest BCUT2D eigenvalue weighted by molar-refractivity contribution is -0.138. The molecule has 0 radical (unpaired) electrons. The Bertz CT molecular complexity index is 1810. The molecule has 4 aromatic rings. The SMILES string of the molecule is [N-]=[N+]=NCc1ccccc1C[C@@]1(C(=O)NCc2ccccc2C(F)(F)F)N=C(c2ccc(OCCCO)cc2)O[C@@H]1c1ccc(Br)cc1. The van der Waals surface area contributed by atoms with Crippen LogP contribution in [0.5, 0.6) is 5.75 Å². The Balaban J connectivity index is 1.61. The summed E-state index contributed by atoms with van der Waals surface area (Å²) in [6, 6.07) is 26.3. The minimum Gasteiger partial charge on any atom is -0.494 e. The smallest absolute Gasteiger partial charge is 0.416 e. The number of nitrogens with zero attached hydrogens (tertiary/aromatic N) is 4. The van der Waals surface area contributed by atoms with E-state index in [1.54, 1.807) is 72.8 Å². The average molecular weight is 723 g/mol. The topological polar surface area (TPSA) is 129 Å². The van der Waals surface area contributed by atoms with Crippen LogP contribution in [-0.4, -0.2) is 35.7 Å². The molecule has 0 bridgehead atoms. The van der Waals surface area contributed by atoms with Gasteiger partial charge in [-0.1, -0.05) is 75.6 Å². The predicted molar refractivity (Wildman–Crippen MR) is 177 cm³/mol. The van der Waals surface area contributed by atoms with E-state index >= 15 is 0 Å². The summed E-state index contributed by atoms with van der Waals surface area (Å²) in [6.45, 7) is -0.0665. The highest BCUT2D eigenvalue weighted by Gasteiger charge is 2.53. The Morgan fingerprint density at radius 2 is 1.67 bits per heavy atom. The highest BCUT2D eigenvalue weighted by Crippen LogP contribution is 2.43. The third-order valence-electron chi connectivity index (χ3n) is 7.85. The molecular weight excluding hydrogens is 691 g/mol. The number of carbonyl (C=O) groups excluding carboxylic acids is 1. The number of alkyl halides is 3. The number of ether oxygens (including phenoxy) is 2. The fraction of sp³-hybridized carbons (Fsp3) is 0.257. The predicted octanol–water partition coefficient (Wildman–Crippen LogP) is 7.86. The molecule has 9 nitrogen and oxygen atoms in total. The summed E-state index contributed by atoms with van der Waals surface area (Å²) in [5.74, 6) is 0.0719. The van der Waals surface area contributed by atoms with Crippen LogP contribution in [0.2, 0.25) is 0 Å². The van der Waals surface area contributed by atoms with Crippen molar-refractivity contribution in [2.24, 2.45) is 10.1 Å². The number of azide groups is 1. The zero-order valence-electron chi connectivity index (χ0n) is 25.5. The van der Waals surface area contributed by atoms with Crippen LogP contribution in [0, 0.1) is 0 Å². The lowest BCUT2D eigenvalue weighted by atomic mass is 9.81. The van der Waals surface area contributed by atoms with Crippen LogP contribution in [0.1, 0.15) is 45.9 Å². The van der Waals surface area contributed by atoms with Crippen LogP contribution in [0.4, 0.5) is 13.2 Å². The number of aliphatic imine (C=N–C) groups is 1. The van der Waals surface area contributed by atoms with E-state index in [2.05, 4.69) is 31.3 Å². The van der Waals surface area contributed by atoms with Crippen molar-refractivity contribution in [3.05, 3.63) is 145 Å². The zero-order chi connectivity index (χ0) is 34.1. The van der Waals surface area contributed by atoms with E-state index in [0.29, 0.717) is 41.0 Å². The van der Waals surface area contributed by atoms with Gasteiger partial charge in [0.2, 0.25) is 5.90 Å². The summed E-state index contributed by atoms with van der Waals surface area (Å²) in [6.07, 6.45) is -5.16. The highest BCUT2D eigenvalue weighted by atomic mass is 79.9. The van der Waals surface area contributed by atoms with Gasteiger partial charge in [-0.25, -0.2) is 4.99 Å². The maximum atomic E-state index is 14.5. The quantitative estimate of drug-likeness (QED) is 0.0630. The van der Waals surface area contributed by atoms with Gasteiger partial charge in [0.15, 0.2) is 11.6 Å². The van der Waals surface area contributed by atoms with E-state index in [1.165, 1.54) is 18.2 Å². The van der Waals surface area contributed by atoms with E-state index in [1.807, 2.05) is 0 Å². The van der Waals surface area contributed by atoms with Gasteiger partial charge >= 0.3 is 6.18 Å². The first-order valence-electron chi connectivity index (χ1n) is 15.0. The Morgan fingerprint density at radius 3 is 2.33 bits per heavy atom. The van der Waals surface area contributed by atoms with Crippen LogP contribution in [0.25, 0.3) is 10.4 Å². The number of rotatable bonds is 13. The summed E-state index contributed by atoms with van der Waals surface area (Å²) in [5, 5.41) is 15.5. The molecule has 13 heteroatoms. The van der Waals surface area contributed by atoms with Crippen molar-refractivity contribution >= 4 is 27.7 Å². The summed E-state index contributed by atoms with van der Waals surface area (Å²) in [7, 11) is 0. The second kappa shape index (κ2) is 15.4. The molecule has 0 unspecified atom stereocenters. The van der Waals surface area contributed by atoms with Gasteiger partial charge in [0.05, 0.1) is 18.7 Å². The molecule has 5 rings (SSSR count). The van der Waals surface area contributed by atoms with Gasteiger partial charge in [-0.05, 0) is 70.2 Å². The number of amides is 1. The van der Waals surface area contributed by atoms with E-state index in [-0.39, 0.29) is 31.0 Å². The Labute approximate surface area is 283 Å². The molecule has 0 aliphatic carbocycles. The fourth-order valence-corrected chi connectivity index (χ4v) is 5.75. The van der Waals surface area contributed by atoms with Crippen molar-refractivity contribution in [3.63, 3.8) is 0 Å². The molecule has 0 spiro atoms. The molecule has 48 heavy (non-hydrogen) atoms. The molecule has 4 aromatic carbocycles. The third kappa shape index (κ3) is 7.99. The molecule has 0 fully saturated rings. The van der Waals surface area contributed by atoms with Crippen molar-refractivity contribution in [1.29, 1.82) is 0 Å². The maximum absolute atomic E-state index is 14.5. The fourth-order valence-electron chi connectivity index (χ4n) is 5.48. The van der Waals surface area contributed by atoms with Gasteiger partial charge in [-0.2, -0.15) is 13.2 Å². The van der Waals surface area contributed by atoms with Gasteiger partial charge in [0.25, 0.3) is 5.91 Å². The molecule has 1 amide bonds. The van der Waals surface area contributed by atoms with Gasteiger partial charge in [-0.3, -0.25) is 4.79 Å². The number of halogens is 4. The third-order valence-corrected chi connectivity index (χ3v) is 8.38. The first-order chi connectivity index (χ1) is 23.1.